The van der Waals surface area contributed by atoms with Crippen LogP contribution in [0.5, 0.6) is 5.75 Å². The second-order valence-electron chi connectivity index (χ2n) is 5.59. The van der Waals surface area contributed by atoms with Crippen LogP contribution in [0.25, 0.3) is 0 Å². The maximum atomic E-state index is 12.4. The molecule has 4 N–H and O–H groups in total. The summed E-state index contributed by atoms with van der Waals surface area (Å²) in [7, 11) is 0. The van der Waals surface area contributed by atoms with Crippen molar-refractivity contribution in [1.29, 1.82) is 0 Å². The molecule has 0 radical (unpaired) electrons. The Hall–Kier alpha value is -2.94. The summed E-state index contributed by atoms with van der Waals surface area (Å²) in [5, 5.41) is 5.83. The van der Waals surface area contributed by atoms with Crippen LogP contribution in [0.15, 0.2) is 53.5 Å². The van der Waals surface area contributed by atoms with Gasteiger partial charge in [-0.25, -0.2) is 0 Å². The van der Waals surface area contributed by atoms with Gasteiger partial charge in [-0.2, -0.15) is 0 Å². The number of amides is 1. The summed E-state index contributed by atoms with van der Waals surface area (Å²) in [6, 6.07) is 12.1. The number of carbonyl (C=O) groups excluding carboxylic acids is 1. The lowest BCUT2D eigenvalue weighted by atomic mass is 10.2. The van der Waals surface area contributed by atoms with E-state index in [1.165, 1.54) is 18.2 Å². The first-order valence-corrected chi connectivity index (χ1v) is 8.58. The van der Waals surface area contributed by atoms with E-state index in [9.17, 15) is 18.0 Å². The van der Waals surface area contributed by atoms with Crippen molar-refractivity contribution in [2.45, 2.75) is 19.2 Å². The molecule has 2 aromatic rings. The summed E-state index contributed by atoms with van der Waals surface area (Å²) >= 11 is 5.77. The van der Waals surface area contributed by atoms with Gasteiger partial charge in [-0.05, 0) is 42.8 Å². The molecule has 0 unspecified atom stereocenters. The molecule has 10 heteroatoms. The Balaban J connectivity index is 1.80. The smallest absolute Gasteiger partial charge is 0.404 e. The number of ether oxygens (including phenoxy) is 1. The SMILES string of the molecule is NC(=NCCCC(=O)Nc1ccc(Cl)cc1)Nc1ccccc1OC(F)(F)F. The van der Waals surface area contributed by atoms with Gasteiger partial charge in [0, 0.05) is 23.7 Å². The topological polar surface area (TPSA) is 88.7 Å². The van der Waals surface area contributed by atoms with Crippen molar-refractivity contribution in [3.8, 4) is 5.75 Å². The molecular formula is C18H18ClF3N4O2. The molecule has 0 saturated heterocycles. The Morgan fingerprint density at radius 2 is 1.79 bits per heavy atom. The standard InChI is InChI=1S/C18H18ClF3N4O2/c19-12-7-9-13(10-8-12)25-16(27)6-3-11-24-17(23)26-14-4-1-2-5-15(14)28-18(20,21)22/h1-2,4-5,7-10H,3,6,11H2,(H,25,27)(H3,23,24,26). The van der Waals surface area contributed by atoms with Crippen LogP contribution in [-0.4, -0.2) is 24.8 Å². The molecule has 0 heterocycles. The van der Waals surface area contributed by atoms with Gasteiger partial charge >= 0.3 is 6.36 Å². The zero-order valence-electron chi connectivity index (χ0n) is 14.6. The number of anilines is 2. The second-order valence-corrected chi connectivity index (χ2v) is 6.03. The summed E-state index contributed by atoms with van der Waals surface area (Å²) in [4.78, 5) is 15.8. The van der Waals surface area contributed by atoms with Gasteiger partial charge < -0.3 is 21.1 Å². The molecule has 0 bridgehead atoms. The van der Waals surface area contributed by atoms with E-state index in [-0.39, 0.29) is 30.5 Å². The fourth-order valence-corrected chi connectivity index (χ4v) is 2.28. The molecular weight excluding hydrogens is 397 g/mol. The number of halogens is 4. The Morgan fingerprint density at radius 1 is 1.11 bits per heavy atom. The summed E-state index contributed by atoms with van der Waals surface area (Å²) in [5.41, 5.74) is 6.34. The molecule has 0 fully saturated rings. The van der Waals surface area contributed by atoms with Gasteiger partial charge in [0.1, 0.15) is 0 Å². The van der Waals surface area contributed by atoms with Crippen LogP contribution in [0, 0.1) is 0 Å². The molecule has 2 rings (SSSR count). The Kier molecular flexibility index (Phi) is 7.51. The lowest BCUT2D eigenvalue weighted by Crippen LogP contribution is -2.24. The van der Waals surface area contributed by atoms with Crippen LogP contribution in [-0.2, 0) is 4.79 Å². The number of rotatable bonds is 7. The fraction of sp³-hybridized carbons (Fsp3) is 0.222. The van der Waals surface area contributed by atoms with E-state index in [0.717, 1.165) is 6.07 Å². The third kappa shape index (κ3) is 7.75. The first-order valence-electron chi connectivity index (χ1n) is 8.20. The minimum atomic E-state index is -4.82. The molecule has 150 valence electrons. The monoisotopic (exact) mass is 414 g/mol. The van der Waals surface area contributed by atoms with Crippen molar-refractivity contribution in [3.05, 3.63) is 53.6 Å². The molecule has 0 aliphatic heterocycles. The first kappa shape index (κ1) is 21.4. The summed E-state index contributed by atoms with van der Waals surface area (Å²) in [6.45, 7) is 0.217. The van der Waals surface area contributed by atoms with Gasteiger partial charge in [-0.15, -0.1) is 13.2 Å². The Bertz CT molecular complexity index is 826. The van der Waals surface area contributed by atoms with E-state index in [1.807, 2.05) is 0 Å². The fourth-order valence-electron chi connectivity index (χ4n) is 2.16. The van der Waals surface area contributed by atoms with Gasteiger partial charge in [0.25, 0.3) is 0 Å². The third-order valence-corrected chi connectivity index (χ3v) is 3.60. The molecule has 28 heavy (non-hydrogen) atoms. The average Bonchev–Trinajstić information content (AvgIpc) is 2.61. The summed E-state index contributed by atoms with van der Waals surface area (Å²) < 4.78 is 41.1. The number of nitrogens with two attached hydrogens (primary N) is 1. The number of carbonyl (C=O) groups is 1. The number of nitrogens with one attached hydrogen (secondary N) is 2. The molecule has 0 aromatic heterocycles. The number of aliphatic imine (C=N–C) groups is 1. The number of benzene rings is 2. The van der Waals surface area contributed by atoms with Crippen molar-refractivity contribution in [2.75, 3.05) is 17.2 Å². The van der Waals surface area contributed by atoms with Gasteiger partial charge in [0.15, 0.2) is 11.7 Å². The van der Waals surface area contributed by atoms with Crippen molar-refractivity contribution in [3.63, 3.8) is 0 Å². The molecule has 1 amide bonds. The molecule has 6 nitrogen and oxygen atoms in total. The predicted molar refractivity (Wildman–Crippen MR) is 103 cm³/mol. The maximum absolute atomic E-state index is 12.4. The predicted octanol–water partition coefficient (Wildman–Crippen LogP) is 4.38. The largest absolute Gasteiger partial charge is 0.573 e. The minimum absolute atomic E-state index is 0.0292. The highest BCUT2D eigenvalue weighted by Crippen LogP contribution is 2.29. The van der Waals surface area contributed by atoms with E-state index < -0.39 is 12.1 Å². The molecule has 0 atom stereocenters. The van der Waals surface area contributed by atoms with Crippen molar-refractivity contribution in [1.82, 2.24) is 0 Å². The van der Waals surface area contributed by atoms with Crippen molar-refractivity contribution in [2.24, 2.45) is 10.7 Å². The van der Waals surface area contributed by atoms with Crippen LogP contribution >= 0.6 is 11.6 Å². The van der Waals surface area contributed by atoms with Gasteiger partial charge in [-0.3, -0.25) is 9.79 Å². The maximum Gasteiger partial charge on any atom is 0.573 e. The molecule has 0 saturated carbocycles. The second kappa shape index (κ2) is 9.84. The Morgan fingerprint density at radius 3 is 2.46 bits per heavy atom. The van der Waals surface area contributed by atoms with E-state index in [2.05, 4.69) is 20.4 Å². The molecule has 2 aromatic carbocycles. The summed E-state index contributed by atoms with van der Waals surface area (Å²) in [5.74, 6) is -0.709. The lowest BCUT2D eigenvalue weighted by molar-refractivity contribution is -0.274. The van der Waals surface area contributed by atoms with Crippen LogP contribution in [0.3, 0.4) is 0 Å². The van der Waals surface area contributed by atoms with Gasteiger partial charge in [-0.1, -0.05) is 23.7 Å². The number of nitrogens with zero attached hydrogens (tertiary/aromatic N) is 1. The molecule has 0 spiro atoms. The molecule has 0 aliphatic carbocycles. The quantitative estimate of drug-likeness (QED) is 0.356. The normalized spacial score (nSPS) is 11.8. The van der Waals surface area contributed by atoms with Crippen LogP contribution in [0.1, 0.15) is 12.8 Å². The number of guanidine groups is 1. The zero-order valence-corrected chi connectivity index (χ0v) is 15.3. The van der Waals surface area contributed by atoms with E-state index in [4.69, 9.17) is 17.3 Å². The molecule has 0 aliphatic rings. The highest BCUT2D eigenvalue weighted by atomic mass is 35.5. The number of para-hydroxylation sites is 2. The zero-order chi connectivity index (χ0) is 20.6. The van der Waals surface area contributed by atoms with Gasteiger partial charge in [0.05, 0.1) is 5.69 Å². The average molecular weight is 415 g/mol. The van der Waals surface area contributed by atoms with Crippen LogP contribution < -0.4 is 21.1 Å². The van der Waals surface area contributed by atoms with Gasteiger partial charge in [0.2, 0.25) is 5.91 Å². The van der Waals surface area contributed by atoms with Crippen molar-refractivity contribution >= 4 is 34.8 Å². The summed E-state index contributed by atoms with van der Waals surface area (Å²) in [6.07, 6.45) is -4.21. The Labute approximate surface area is 164 Å². The van der Waals surface area contributed by atoms with E-state index >= 15 is 0 Å². The van der Waals surface area contributed by atoms with E-state index in [0.29, 0.717) is 17.1 Å². The number of hydrogen-bond acceptors (Lipinski definition) is 3. The van der Waals surface area contributed by atoms with E-state index in [1.54, 1.807) is 24.3 Å². The minimum Gasteiger partial charge on any atom is -0.404 e. The third-order valence-electron chi connectivity index (χ3n) is 3.35. The van der Waals surface area contributed by atoms with Crippen molar-refractivity contribution < 1.29 is 22.7 Å². The highest BCUT2D eigenvalue weighted by molar-refractivity contribution is 6.30. The highest BCUT2D eigenvalue weighted by Gasteiger charge is 2.32. The van der Waals surface area contributed by atoms with Crippen LogP contribution in [0.4, 0.5) is 24.5 Å². The lowest BCUT2D eigenvalue weighted by Gasteiger charge is -2.14. The van der Waals surface area contributed by atoms with Crippen LogP contribution in [0.2, 0.25) is 5.02 Å². The first-order chi connectivity index (χ1) is 13.2. The number of alkyl halides is 3. The number of hydrogen-bond donors (Lipinski definition) is 3.